The first-order valence-corrected chi connectivity index (χ1v) is 7.63. The fourth-order valence-corrected chi connectivity index (χ4v) is 3.13. The maximum Gasteiger partial charge on any atom is 0.263 e. The lowest BCUT2D eigenvalue weighted by atomic mass is 10.2. The number of carbonyl (C=O) groups excluding carboxylic acids is 1. The van der Waals surface area contributed by atoms with Crippen molar-refractivity contribution in [2.24, 2.45) is 5.73 Å². The highest BCUT2D eigenvalue weighted by Gasteiger charge is 2.20. The number of aromatic nitrogens is 2. The van der Waals surface area contributed by atoms with E-state index < -0.39 is 11.9 Å². The van der Waals surface area contributed by atoms with E-state index in [9.17, 15) is 9.59 Å². The number of primary amides is 1. The van der Waals surface area contributed by atoms with Gasteiger partial charge in [-0.3, -0.25) is 14.2 Å². The summed E-state index contributed by atoms with van der Waals surface area (Å²) in [6.45, 7) is 4.07. The number of rotatable bonds is 6. The summed E-state index contributed by atoms with van der Waals surface area (Å²) in [5, 5.41) is 0.547. The first kappa shape index (κ1) is 15.7. The summed E-state index contributed by atoms with van der Waals surface area (Å²) >= 11 is 1.51. The topological polar surface area (TPSA) is 87.2 Å². The lowest BCUT2D eigenvalue weighted by Crippen LogP contribution is -2.35. The van der Waals surface area contributed by atoms with Crippen LogP contribution in [-0.2, 0) is 22.4 Å². The summed E-state index contributed by atoms with van der Waals surface area (Å²) in [6.07, 6.45) is 1.30. The van der Waals surface area contributed by atoms with Crippen LogP contribution in [0.5, 0.6) is 0 Å². The number of methoxy groups -OCH3 is 1. The molecule has 2 N–H and O–H groups in total. The minimum atomic E-state index is -0.730. The van der Waals surface area contributed by atoms with Crippen LogP contribution >= 0.6 is 11.3 Å². The highest BCUT2D eigenvalue weighted by molar-refractivity contribution is 7.18. The summed E-state index contributed by atoms with van der Waals surface area (Å²) in [7, 11) is 1.58. The van der Waals surface area contributed by atoms with Gasteiger partial charge >= 0.3 is 0 Å². The maximum atomic E-state index is 12.7. The van der Waals surface area contributed by atoms with Crippen LogP contribution in [0.4, 0.5) is 0 Å². The van der Waals surface area contributed by atoms with Crippen molar-refractivity contribution in [1.29, 1.82) is 0 Å². The molecule has 21 heavy (non-hydrogen) atoms. The molecule has 6 nitrogen and oxygen atoms in total. The number of nitrogens with zero attached hydrogens (tertiary/aromatic N) is 2. The highest BCUT2D eigenvalue weighted by Crippen LogP contribution is 2.23. The Hall–Kier alpha value is -1.73. The van der Waals surface area contributed by atoms with Crippen LogP contribution in [0.15, 0.2) is 10.9 Å². The van der Waals surface area contributed by atoms with Gasteiger partial charge in [-0.1, -0.05) is 6.92 Å². The molecule has 0 aromatic carbocycles. The van der Waals surface area contributed by atoms with Gasteiger partial charge in [0, 0.05) is 18.4 Å². The van der Waals surface area contributed by atoms with Gasteiger partial charge in [0.25, 0.3) is 5.56 Å². The molecule has 0 aliphatic carbocycles. The fraction of sp³-hybridized carbons (Fsp3) is 0.500. The lowest BCUT2D eigenvalue weighted by molar-refractivity contribution is -0.120. The Bertz CT molecular complexity index is 720. The van der Waals surface area contributed by atoms with Crippen molar-refractivity contribution in [3.63, 3.8) is 0 Å². The molecule has 0 bridgehead atoms. The third-order valence-corrected chi connectivity index (χ3v) is 4.57. The van der Waals surface area contributed by atoms with E-state index in [0.717, 1.165) is 11.3 Å². The molecular weight excluding hydrogens is 290 g/mol. The van der Waals surface area contributed by atoms with E-state index in [2.05, 4.69) is 4.98 Å². The van der Waals surface area contributed by atoms with E-state index in [1.165, 1.54) is 15.9 Å². The van der Waals surface area contributed by atoms with Crippen LogP contribution in [0.2, 0.25) is 0 Å². The summed E-state index contributed by atoms with van der Waals surface area (Å²) in [5.74, 6) is -0.0204. The van der Waals surface area contributed by atoms with E-state index >= 15 is 0 Å². The largest absolute Gasteiger partial charge is 0.384 e. The number of aryl methyl sites for hydroxylation is 1. The van der Waals surface area contributed by atoms with Crippen LogP contribution in [0.3, 0.4) is 0 Å². The quantitative estimate of drug-likeness (QED) is 0.870. The summed E-state index contributed by atoms with van der Waals surface area (Å²) in [4.78, 5) is 30.5. The van der Waals surface area contributed by atoms with Crippen LogP contribution in [0, 0.1) is 0 Å². The smallest absolute Gasteiger partial charge is 0.263 e. The van der Waals surface area contributed by atoms with E-state index in [-0.39, 0.29) is 5.56 Å². The Kier molecular flexibility index (Phi) is 4.74. The number of hydrogen-bond acceptors (Lipinski definition) is 5. The van der Waals surface area contributed by atoms with Crippen LogP contribution in [-0.4, -0.2) is 29.2 Å². The van der Waals surface area contributed by atoms with Crippen molar-refractivity contribution in [2.45, 2.75) is 32.7 Å². The number of nitrogens with two attached hydrogens (primary N) is 1. The van der Waals surface area contributed by atoms with Gasteiger partial charge in [-0.15, -0.1) is 11.3 Å². The van der Waals surface area contributed by atoms with Crippen molar-refractivity contribution in [3.05, 3.63) is 27.1 Å². The minimum Gasteiger partial charge on any atom is -0.384 e. The van der Waals surface area contributed by atoms with Crippen molar-refractivity contribution < 1.29 is 9.53 Å². The minimum absolute atomic E-state index is 0.214. The third kappa shape index (κ3) is 2.98. The SMILES string of the molecule is CCc1cc2c(=O)n(C(C)C(N)=O)c(CCOC)nc2s1. The highest BCUT2D eigenvalue weighted by atomic mass is 32.1. The first-order chi connectivity index (χ1) is 9.99. The van der Waals surface area contributed by atoms with Crippen LogP contribution in [0.1, 0.15) is 30.6 Å². The predicted molar refractivity (Wildman–Crippen MR) is 82.7 cm³/mol. The van der Waals surface area contributed by atoms with E-state index in [4.69, 9.17) is 10.5 Å². The zero-order chi connectivity index (χ0) is 15.6. The van der Waals surface area contributed by atoms with E-state index in [1.54, 1.807) is 14.0 Å². The normalized spacial score (nSPS) is 12.7. The molecule has 0 saturated carbocycles. The molecule has 7 heteroatoms. The Labute approximate surface area is 126 Å². The second-order valence-corrected chi connectivity index (χ2v) is 5.92. The van der Waals surface area contributed by atoms with Gasteiger partial charge in [0.1, 0.15) is 16.7 Å². The second-order valence-electron chi connectivity index (χ2n) is 4.81. The van der Waals surface area contributed by atoms with Crippen molar-refractivity contribution in [3.8, 4) is 0 Å². The molecule has 2 rings (SSSR count). The van der Waals surface area contributed by atoms with E-state index in [0.29, 0.717) is 29.1 Å². The molecule has 1 atom stereocenters. The predicted octanol–water partition coefficient (Wildman–Crippen LogP) is 1.26. The number of amides is 1. The molecule has 2 aromatic heterocycles. The molecular formula is C14H19N3O3S. The van der Waals surface area contributed by atoms with Crippen molar-refractivity contribution in [1.82, 2.24) is 9.55 Å². The van der Waals surface area contributed by atoms with Crippen LogP contribution in [0.25, 0.3) is 10.2 Å². The maximum absolute atomic E-state index is 12.7. The number of thiophene rings is 1. The second kappa shape index (κ2) is 6.36. The van der Waals surface area contributed by atoms with Gasteiger partial charge in [-0.25, -0.2) is 4.98 Å². The average molecular weight is 309 g/mol. The van der Waals surface area contributed by atoms with Gasteiger partial charge in [0.2, 0.25) is 5.91 Å². The molecule has 2 heterocycles. The molecule has 2 aromatic rings. The van der Waals surface area contributed by atoms with Gasteiger partial charge in [-0.2, -0.15) is 0 Å². The molecule has 1 unspecified atom stereocenters. The molecule has 114 valence electrons. The number of fused-ring (bicyclic) bond motifs is 1. The van der Waals surface area contributed by atoms with E-state index in [1.807, 2.05) is 13.0 Å². The Morgan fingerprint density at radius 3 is 2.86 bits per heavy atom. The molecule has 0 aliphatic heterocycles. The summed E-state index contributed by atoms with van der Waals surface area (Å²) in [6, 6.07) is 1.12. The first-order valence-electron chi connectivity index (χ1n) is 6.81. The van der Waals surface area contributed by atoms with Crippen LogP contribution < -0.4 is 11.3 Å². The zero-order valence-electron chi connectivity index (χ0n) is 12.4. The van der Waals surface area contributed by atoms with Crippen molar-refractivity contribution in [2.75, 3.05) is 13.7 Å². The molecule has 0 fully saturated rings. The lowest BCUT2D eigenvalue weighted by Gasteiger charge is -2.16. The van der Waals surface area contributed by atoms with Gasteiger partial charge in [0.15, 0.2) is 0 Å². The number of hydrogen-bond donors (Lipinski definition) is 1. The molecule has 0 radical (unpaired) electrons. The monoisotopic (exact) mass is 309 g/mol. The summed E-state index contributed by atoms with van der Waals surface area (Å²) in [5.41, 5.74) is 5.14. The molecule has 0 saturated heterocycles. The van der Waals surface area contributed by atoms with Gasteiger partial charge in [0.05, 0.1) is 12.0 Å². The molecule has 0 spiro atoms. The average Bonchev–Trinajstić information content (AvgIpc) is 2.88. The fourth-order valence-electron chi connectivity index (χ4n) is 2.16. The van der Waals surface area contributed by atoms with Gasteiger partial charge in [-0.05, 0) is 19.4 Å². The Morgan fingerprint density at radius 2 is 2.29 bits per heavy atom. The zero-order valence-corrected chi connectivity index (χ0v) is 13.2. The number of carbonyl (C=O) groups is 1. The third-order valence-electron chi connectivity index (χ3n) is 3.40. The Morgan fingerprint density at radius 1 is 1.57 bits per heavy atom. The number of ether oxygens (including phenoxy) is 1. The van der Waals surface area contributed by atoms with Crippen molar-refractivity contribution >= 4 is 27.5 Å². The summed E-state index contributed by atoms with van der Waals surface area (Å²) < 4.78 is 6.44. The van der Waals surface area contributed by atoms with Gasteiger partial charge < -0.3 is 10.5 Å². The standard InChI is InChI=1S/C14H19N3O3S/c1-4-9-7-10-13(21-9)16-11(5-6-20-3)17(14(10)19)8(2)12(15)18/h7-8H,4-6H2,1-3H3,(H2,15,18). The molecule has 0 aliphatic rings. The Balaban J connectivity index is 2.68. The molecule has 1 amide bonds.